The van der Waals surface area contributed by atoms with Crippen LogP contribution >= 0.6 is 0 Å². The molecule has 1 aliphatic rings. The van der Waals surface area contributed by atoms with E-state index in [1.807, 2.05) is 6.92 Å². The normalized spacial score (nSPS) is 20.9. The molecule has 0 fully saturated rings. The zero-order chi connectivity index (χ0) is 11.4. The van der Waals surface area contributed by atoms with Crippen LogP contribution < -0.4 is 5.73 Å². The smallest absolute Gasteiger partial charge is 0.219 e. The average molecular weight is 229 g/mol. The van der Waals surface area contributed by atoms with E-state index in [-0.39, 0.29) is 10.6 Å². The first-order valence-electron chi connectivity index (χ1n) is 4.89. The van der Waals surface area contributed by atoms with Gasteiger partial charge >= 0.3 is 0 Å². The topological polar surface area (TPSA) is 80.4 Å². The van der Waals surface area contributed by atoms with Crippen molar-refractivity contribution in [1.82, 2.24) is 0 Å². The Morgan fingerprint density at radius 3 is 2.67 bits per heavy atom. The van der Waals surface area contributed by atoms with Gasteiger partial charge in [0.25, 0.3) is 0 Å². The summed E-state index contributed by atoms with van der Waals surface area (Å²) in [4.78, 5) is 0.114. The summed E-state index contributed by atoms with van der Waals surface area (Å²) in [6.45, 7) is 2.03. The molecule has 5 heteroatoms. The third kappa shape index (κ3) is 2.70. The zero-order valence-corrected chi connectivity index (χ0v) is 9.42. The monoisotopic (exact) mass is 229 g/mol. The second-order valence-corrected chi connectivity index (χ2v) is 4.37. The summed E-state index contributed by atoms with van der Waals surface area (Å²) in [5.41, 5.74) is 6.30. The molecule has 0 aromatic carbocycles. The van der Waals surface area contributed by atoms with E-state index < -0.39 is 16.3 Å². The molecule has 0 saturated carbocycles. The fraction of sp³-hybridized carbons (Fsp3) is 0.500. The predicted molar refractivity (Wildman–Crippen MR) is 60.2 cm³/mol. The van der Waals surface area contributed by atoms with Gasteiger partial charge in [-0.05, 0) is 24.5 Å². The Labute approximate surface area is 90.6 Å². The van der Waals surface area contributed by atoms with E-state index in [1.54, 1.807) is 6.08 Å². The lowest BCUT2D eigenvalue weighted by Gasteiger charge is -2.18. The number of nitrogens with two attached hydrogens (primary N) is 1. The van der Waals surface area contributed by atoms with Gasteiger partial charge < -0.3 is 10.8 Å². The molecule has 3 N–H and O–H groups in total. The van der Waals surface area contributed by atoms with Gasteiger partial charge in [-0.15, -0.1) is 0 Å². The van der Waals surface area contributed by atoms with E-state index in [4.69, 9.17) is 5.73 Å². The molecule has 0 radical (unpaired) electrons. The molecule has 0 aromatic heterocycles. The molecule has 84 valence electrons. The van der Waals surface area contributed by atoms with E-state index in [9.17, 15) is 13.5 Å². The Kier molecular flexibility index (Phi) is 4.11. The van der Waals surface area contributed by atoms with Gasteiger partial charge in [-0.25, -0.2) is 0 Å². The molecule has 1 rings (SSSR count). The van der Waals surface area contributed by atoms with Crippen LogP contribution in [0.15, 0.2) is 23.5 Å². The molecular weight excluding hydrogens is 214 g/mol. The molecule has 0 bridgehead atoms. The number of aliphatic hydroxyl groups excluding tert-OH is 1. The molecule has 0 aromatic rings. The standard InChI is InChI=1S/C10H15NO3S/c1-2-3-4-7-5-6-8(12)9(11)10(7)15(13)14/h5-6,9,12H,2-4,11H2,1H3. The lowest BCUT2D eigenvalue weighted by molar-refractivity contribution is 0.389. The summed E-state index contributed by atoms with van der Waals surface area (Å²) in [5.74, 6) is -0.102. The minimum Gasteiger partial charge on any atom is -0.510 e. The van der Waals surface area contributed by atoms with E-state index >= 15 is 0 Å². The van der Waals surface area contributed by atoms with Gasteiger partial charge in [0, 0.05) is 0 Å². The van der Waals surface area contributed by atoms with Gasteiger partial charge in [-0.1, -0.05) is 19.4 Å². The Balaban J connectivity index is 3.08. The molecule has 0 aliphatic heterocycles. The van der Waals surface area contributed by atoms with Crippen LogP contribution in [0.5, 0.6) is 0 Å². The van der Waals surface area contributed by atoms with Crippen molar-refractivity contribution in [1.29, 1.82) is 0 Å². The SMILES string of the molecule is CCCCC1=CC=C(O)C(N)C1=S(=O)=O. The van der Waals surface area contributed by atoms with Crippen molar-refractivity contribution < 1.29 is 13.5 Å². The molecule has 0 heterocycles. The second-order valence-electron chi connectivity index (χ2n) is 3.46. The largest absolute Gasteiger partial charge is 0.510 e. The number of aliphatic hydroxyl groups is 1. The molecule has 0 amide bonds. The van der Waals surface area contributed by atoms with Crippen LogP contribution in [-0.4, -0.2) is 24.4 Å². The van der Waals surface area contributed by atoms with Crippen LogP contribution in [0.25, 0.3) is 0 Å². The summed E-state index contributed by atoms with van der Waals surface area (Å²) < 4.78 is 22.0. The van der Waals surface area contributed by atoms with Crippen LogP contribution in [0.4, 0.5) is 0 Å². The highest BCUT2D eigenvalue weighted by Crippen LogP contribution is 2.18. The zero-order valence-electron chi connectivity index (χ0n) is 8.60. The number of rotatable bonds is 3. The third-order valence-electron chi connectivity index (χ3n) is 2.35. The maximum absolute atomic E-state index is 11.0. The van der Waals surface area contributed by atoms with Gasteiger partial charge in [0.2, 0.25) is 10.3 Å². The molecule has 1 aliphatic carbocycles. The number of unbranched alkanes of at least 4 members (excludes halogenated alkanes) is 1. The maximum Gasteiger partial charge on any atom is 0.219 e. The van der Waals surface area contributed by atoms with Gasteiger partial charge in [0.1, 0.15) is 11.8 Å². The highest BCUT2D eigenvalue weighted by Gasteiger charge is 2.23. The van der Waals surface area contributed by atoms with Crippen LogP contribution in [0.1, 0.15) is 26.2 Å². The van der Waals surface area contributed by atoms with Crippen LogP contribution in [0.2, 0.25) is 0 Å². The van der Waals surface area contributed by atoms with Gasteiger partial charge in [0.05, 0.1) is 4.86 Å². The van der Waals surface area contributed by atoms with Crippen molar-refractivity contribution in [2.45, 2.75) is 32.2 Å². The fourth-order valence-electron chi connectivity index (χ4n) is 1.49. The van der Waals surface area contributed by atoms with Gasteiger partial charge in [-0.3, -0.25) is 0 Å². The first-order valence-corrected chi connectivity index (χ1v) is 5.97. The summed E-state index contributed by atoms with van der Waals surface area (Å²) in [5, 5.41) is 9.34. The molecule has 1 atom stereocenters. The number of allylic oxidation sites excluding steroid dienone is 2. The third-order valence-corrected chi connectivity index (χ3v) is 3.23. The quantitative estimate of drug-likeness (QED) is 0.706. The molecule has 0 spiro atoms. The summed E-state index contributed by atoms with van der Waals surface area (Å²) in [7, 11) is -2.36. The van der Waals surface area contributed by atoms with Crippen LogP contribution in [0.3, 0.4) is 0 Å². The first-order chi connectivity index (χ1) is 7.07. The van der Waals surface area contributed by atoms with Crippen molar-refractivity contribution >= 4 is 15.2 Å². The van der Waals surface area contributed by atoms with E-state index in [2.05, 4.69) is 0 Å². The Hall–Kier alpha value is -1.07. The van der Waals surface area contributed by atoms with Crippen molar-refractivity contribution in [2.75, 3.05) is 0 Å². The highest BCUT2D eigenvalue weighted by molar-refractivity contribution is 7.73. The van der Waals surface area contributed by atoms with Crippen LogP contribution in [0, 0.1) is 0 Å². The maximum atomic E-state index is 11.0. The van der Waals surface area contributed by atoms with E-state index in [1.165, 1.54) is 6.08 Å². The fourth-order valence-corrected chi connectivity index (χ4v) is 2.20. The van der Waals surface area contributed by atoms with Crippen LogP contribution in [-0.2, 0) is 10.3 Å². The molecule has 4 nitrogen and oxygen atoms in total. The predicted octanol–water partition coefficient (Wildman–Crippen LogP) is 0.937. The lowest BCUT2D eigenvalue weighted by atomic mass is 9.95. The van der Waals surface area contributed by atoms with Crippen molar-refractivity contribution in [3.63, 3.8) is 0 Å². The average Bonchev–Trinajstić information content (AvgIpc) is 2.19. The summed E-state index contributed by atoms with van der Waals surface area (Å²) in [6, 6.07) is -0.903. The van der Waals surface area contributed by atoms with Crippen molar-refractivity contribution in [3.8, 4) is 0 Å². The van der Waals surface area contributed by atoms with E-state index in [0.717, 1.165) is 12.8 Å². The first kappa shape index (κ1) is 12.0. The molecule has 1 unspecified atom stereocenters. The Bertz CT molecular complexity index is 424. The van der Waals surface area contributed by atoms with Gasteiger partial charge in [-0.2, -0.15) is 8.42 Å². The Morgan fingerprint density at radius 1 is 1.47 bits per heavy atom. The van der Waals surface area contributed by atoms with E-state index in [0.29, 0.717) is 12.0 Å². The van der Waals surface area contributed by atoms with Crippen molar-refractivity contribution in [2.24, 2.45) is 5.73 Å². The highest BCUT2D eigenvalue weighted by atomic mass is 32.2. The summed E-state index contributed by atoms with van der Waals surface area (Å²) >= 11 is 0. The molecular formula is C10H15NO3S. The molecule has 15 heavy (non-hydrogen) atoms. The van der Waals surface area contributed by atoms with Crippen molar-refractivity contribution in [3.05, 3.63) is 23.5 Å². The Morgan fingerprint density at radius 2 is 2.13 bits per heavy atom. The number of hydrogen-bond donors (Lipinski definition) is 2. The minimum atomic E-state index is -2.36. The lowest BCUT2D eigenvalue weighted by Crippen LogP contribution is -2.36. The molecule has 0 saturated heterocycles. The number of hydrogen-bond acceptors (Lipinski definition) is 4. The summed E-state index contributed by atoms with van der Waals surface area (Å²) in [6.07, 6.45) is 5.66. The minimum absolute atomic E-state index is 0.102. The van der Waals surface area contributed by atoms with Gasteiger partial charge in [0.15, 0.2) is 0 Å². The second kappa shape index (κ2) is 5.14.